The number of hydrogen-bond acceptors (Lipinski definition) is 6. The van der Waals surface area contributed by atoms with Crippen LogP contribution in [0.15, 0.2) is 0 Å². The van der Waals surface area contributed by atoms with Crippen molar-refractivity contribution in [2.45, 2.75) is 51.0 Å². The smallest absolute Gasteiger partial charge is 0.226 e. The molecule has 1 saturated carbocycles. The fourth-order valence-electron chi connectivity index (χ4n) is 4.31. The van der Waals surface area contributed by atoms with Gasteiger partial charge in [-0.05, 0) is 49.6 Å². The van der Waals surface area contributed by atoms with Crippen LogP contribution in [-0.2, 0) is 11.3 Å². The maximum absolute atomic E-state index is 9.80. The van der Waals surface area contributed by atoms with Gasteiger partial charge in [-0.25, -0.2) is 4.98 Å². The Morgan fingerprint density at radius 2 is 2.08 bits per heavy atom. The minimum atomic E-state index is -0.153. The highest BCUT2D eigenvalue weighted by Gasteiger charge is 2.44. The Bertz CT molecular complexity index is 782. The zero-order chi connectivity index (χ0) is 16.3. The Morgan fingerprint density at radius 3 is 2.75 bits per heavy atom. The maximum Gasteiger partial charge on any atom is 0.226 e. The lowest BCUT2D eigenvalue weighted by atomic mass is 9.86. The molecular formula is C16H20ClN5O2. The topological polar surface area (TPSA) is 76.3 Å². The number of rotatable bonds is 3. The number of aliphatic hydroxyl groups excluding tert-OH is 1. The number of aromatic nitrogens is 4. The van der Waals surface area contributed by atoms with E-state index in [2.05, 4.69) is 19.9 Å². The molecule has 1 unspecified atom stereocenters. The van der Waals surface area contributed by atoms with Crippen molar-refractivity contribution in [1.29, 1.82) is 0 Å². The summed E-state index contributed by atoms with van der Waals surface area (Å²) in [6, 6.07) is 0.540. The van der Waals surface area contributed by atoms with Gasteiger partial charge in [-0.3, -0.25) is 4.57 Å². The Hall–Kier alpha value is -1.44. The van der Waals surface area contributed by atoms with Gasteiger partial charge in [0.15, 0.2) is 17.0 Å². The number of imidazole rings is 1. The molecule has 128 valence electrons. The van der Waals surface area contributed by atoms with Gasteiger partial charge in [0, 0.05) is 19.2 Å². The molecule has 1 aliphatic carbocycles. The lowest BCUT2D eigenvalue weighted by Gasteiger charge is -2.27. The first kappa shape index (κ1) is 14.9. The summed E-state index contributed by atoms with van der Waals surface area (Å²) in [6.07, 6.45) is 5.36. The van der Waals surface area contributed by atoms with Crippen molar-refractivity contribution in [3.05, 3.63) is 11.1 Å². The highest BCUT2D eigenvalue weighted by molar-refractivity contribution is 6.28. The van der Waals surface area contributed by atoms with Gasteiger partial charge >= 0.3 is 0 Å². The number of ether oxygens (including phenoxy) is 1. The molecule has 2 bridgehead atoms. The zero-order valence-corrected chi connectivity index (χ0v) is 14.1. The third kappa shape index (κ3) is 2.14. The Labute approximate surface area is 144 Å². The predicted molar refractivity (Wildman–Crippen MR) is 89.0 cm³/mol. The quantitative estimate of drug-likeness (QED) is 0.857. The number of nitrogens with zero attached hydrogens (tertiary/aromatic N) is 5. The number of anilines is 1. The minimum Gasteiger partial charge on any atom is -0.388 e. The monoisotopic (exact) mass is 349 g/mol. The molecule has 8 heteroatoms. The predicted octanol–water partition coefficient (Wildman–Crippen LogP) is 2.27. The van der Waals surface area contributed by atoms with Gasteiger partial charge in [0.2, 0.25) is 5.28 Å². The van der Waals surface area contributed by atoms with Gasteiger partial charge in [-0.2, -0.15) is 9.97 Å². The summed E-state index contributed by atoms with van der Waals surface area (Å²) in [5.74, 6) is 2.14. The van der Waals surface area contributed by atoms with Gasteiger partial charge in [-0.15, -0.1) is 0 Å². The average Bonchev–Trinajstić information content (AvgIpc) is 3.25. The molecule has 6 rings (SSSR count). The molecule has 0 spiro atoms. The van der Waals surface area contributed by atoms with E-state index >= 15 is 0 Å². The molecule has 4 aliphatic rings. The molecule has 0 radical (unpaired) electrons. The van der Waals surface area contributed by atoms with E-state index in [0.717, 1.165) is 49.7 Å². The second-order valence-corrected chi connectivity index (χ2v) is 7.35. The van der Waals surface area contributed by atoms with Crippen LogP contribution in [0.25, 0.3) is 11.2 Å². The minimum absolute atomic E-state index is 0.142. The molecule has 4 fully saturated rings. The molecule has 24 heavy (non-hydrogen) atoms. The lowest BCUT2D eigenvalue weighted by molar-refractivity contribution is -0.0329. The van der Waals surface area contributed by atoms with Gasteiger partial charge in [0.25, 0.3) is 0 Å². The summed E-state index contributed by atoms with van der Waals surface area (Å²) in [5.41, 5.74) is 1.40. The van der Waals surface area contributed by atoms with Crippen molar-refractivity contribution < 1.29 is 9.84 Å². The van der Waals surface area contributed by atoms with Crippen molar-refractivity contribution in [2.75, 3.05) is 18.1 Å². The van der Waals surface area contributed by atoms with E-state index in [1.54, 1.807) is 0 Å². The standard InChI is InChI=1S/C16H20ClN5O2/c17-16-19-14(21-7-9-5-10(21)6-9)13-15(20-16)22(11(8-23)18-13)12-3-1-2-4-24-12/h9-10,12,23H,1-8H2. The molecule has 3 aliphatic heterocycles. The van der Waals surface area contributed by atoms with Crippen LogP contribution in [0.1, 0.15) is 44.2 Å². The third-order valence-corrected chi connectivity index (χ3v) is 5.70. The van der Waals surface area contributed by atoms with Crippen LogP contribution >= 0.6 is 11.6 Å². The highest BCUT2D eigenvalue weighted by atomic mass is 35.5. The second-order valence-electron chi connectivity index (χ2n) is 7.01. The molecule has 5 heterocycles. The van der Waals surface area contributed by atoms with E-state index in [9.17, 15) is 5.11 Å². The Balaban J connectivity index is 1.67. The molecule has 2 aromatic heterocycles. The summed E-state index contributed by atoms with van der Waals surface area (Å²) < 4.78 is 7.81. The fraction of sp³-hybridized carbons (Fsp3) is 0.688. The average molecular weight is 350 g/mol. The molecule has 2 aromatic rings. The molecular weight excluding hydrogens is 330 g/mol. The van der Waals surface area contributed by atoms with Crippen molar-refractivity contribution in [2.24, 2.45) is 5.92 Å². The molecule has 0 amide bonds. The largest absolute Gasteiger partial charge is 0.388 e. The third-order valence-electron chi connectivity index (χ3n) is 5.53. The molecule has 1 atom stereocenters. The SMILES string of the molecule is OCc1nc2c(N3CC4CC3C4)nc(Cl)nc2n1C1CCCCO1. The van der Waals surface area contributed by atoms with Gasteiger partial charge in [0.1, 0.15) is 18.7 Å². The number of aliphatic hydroxyl groups is 1. The van der Waals surface area contributed by atoms with E-state index in [-0.39, 0.29) is 18.1 Å². The summed E-state index contributed by atoms with van der Waals surface area (Å²) in [7, 11) is 0. The Kier molecular flexibility index (Phi) is 3.43. The van der Waals surface area contributed by atoms with Crippen LogP contribution in [0, 0.1) is 5.92 Å². The van der Waals surface area contributed by atoms with Gasteiger partial charge < -0.3 is 14.7 Å². The molecule has 0 aromatic carbocycles. The molecule has 7 nitrogen and oxygen atoms in total. The number of halogens is 1. The van der Waals surface area contributed by atoms with Crippen LogP contribution in [0.2, 0.25) is 5.28 Å². The first-order valence-electron chi connectivity index (χ1n) is 8.68. The van der Waals surface area contributed by atoms with E-state index in [4.69, 9.17) is 16.3 Å². The molecule has 3 saturated heterocycles. The normalized spacial score (nSPS) is 29.2. The number of fused-ring (bicyclic) bond motifs is 2. The first-order valence-corrected chi connectivity index (χ1v) is 9.06. The summed E-state index contributed by atoms with van der Waals surface area (Å²) in [5, 5.41) is 10.0. The molecule has 1 N–H and O–H groups in total. The summed E-state index contributed by atoms with van der Waals surface area (Å²) in [4.78, 5) is 15.9. The Morgan fingerprint density at radius 1 is 1.21 bits per heavy atom. The van der Waals surface area contributed by atoms with Gasteiger partial charge in [-0.1, -0.05) is 0 Å². The second kappa shape index (κ2) is 5.54. The first-order chi connectivity index (χ1) is 11.7. The van der Waals surface area contributed by atoms with Crippen LogP contribution in [0.4, 0.5) is 5.82 Å². The maximum atomic E-state index is 9.80. The zero-order valence-electron chi connectivity index (χ0n) is 13.4. The van der Waals surface area contributed by atoms with E-state index in [1.165, 1.54) is 12.8 Å². The van der Waals surface area contributed by atoms with Gasteiger partial charge in [0.05, 0.1) is 0 Å². The van der Waals surface area contributed by atoms with E-state index in [1.807, 2.05) is 4.57 Å². The van der Waals surface area contributed by atoms with Crippen molar-refractivity contribution in [3.8, 4) is 0 Å². The number of hydrogen-bond donors (Lipinski definition) is 1. The summed E-state index contributed by atoms with van der Waals surface area (Å²) in [6.45, 7) is 1.57. The van der Waals surface area contributed by atoms with E-state index < -0.39 is 0 Å². The van der Waals surface area contributed by atoms with Crippen LogP contribution < -0.4 is 4.90 Å². The van der Waals surface area contributed by atoms with Crippen molar-refractivity contribution in [1.82, 2.24) is 19.5 Å². The van der Waals surface area contributed by atoms with Crippen LogP contribution in [0.5, 0.6) is 0 Å². The van der Waals surface area contributed by atoms with Crippen molar-refractivity contribution in [3.63, 3.8) is 0 Å². The highest BCUT2D eigenvalue weighted by Crippen LogP contribution is 2.44. The fourth-order valence-corrected chi connectivity index (χ4v) is 4.47. The lowest BCUT2D eigenvalue weighted by Crippen LogP contribution is -2.29. The van der Waals surface area contributed by atoms with Crippen molar-refractivity contribution >= 4 is 28.6 Å². The summed E-state index contributed by atoms with van der Waals surface area (Å²) >= 11 is 6.23. The van der Waals surface area contributed by atoms with Crippen LogP contribution in [0.3, 0.4) is 0 Å². The van der Waals surface area contributed by atoms with E-state index in [0.29, 0.717) is 17.5 Å². The van der Waals surface area contributed by atoms with Crippen LogP contribution in [-0.4, -0.2) is 43.8 Å².